The Morgan fingerprint density at radius 3 is 2.24 bits per heavy atom. The van der Waals surface area contributed by atoms with E-state index in [1.807, 2.05) is 26.1 Å². The third-order valence-corrected chi connectivity index (χ3v) is 9.80. The summed E-state index contributed by atoms with van der Waals surface area (Å²) >= 11 is 0. The van der Waals surface area contributed by atoms with Crippen molar-refractivity contribution in [3.05, 3.63) is 96.4 Å². The second-order valence-electron chi connectivity index (χ2n) is 10.9. The van der Waals surface area contributed by atoms with E-state index >= 15 is 0 Å². The fraction of sp³-hybridized carbons (Fsp3) is 0.273. The first-order chi connectivity index (χ1) is 20.4. The SMILES string of the molecule is CNC1CCN(Cc2ccc(-c3cnc4c(c3)c(-c3ccc(OC)nc3)cn4S(=O)(=O)c3ccc(C)cc3)cc2)CC1. The average Bonchev–Trinajstić information content (AvgIpc) is 3.42. The Hall–Kier alpha value is -4.05. The molecule has 1 saturated heterocycles. The first-order valence-electron chi connectivity index (χ1n) is 14.2. The maximum Gasteiger partial charge on any atom is 0.269 e. The minimum Gasteiger partial charge on any atom is -0.481 e. The van der Waals surface area contributed by atoms with Gasteiger partial charge in [0.1, 0.15) is 0 Å². The number of nitrogens with one attached hydrogen (secondary N) is 1. The quantitative estimate of drug-likeness (QED) is 0.259. The molecule has 8 nitrogen and oxygen atoms in total. The van der Waals surface area contributed by atoms with Crippen LogP contribution >= 0.6 is 0 Å². The Morgan fingerprint density at radius 2 is 1.60 bits per heavy atom. The van der Waals surface area contributed by atoms with Gasteiger partial charge in [-0.1, -0.05) is 42.0 Å². The molecule has 0 radical (unpaired) electrons. The molecule has 3 aromatic heterocycles. The van der Waals surface area contributed by atoms with Crippen LogP contribution in [0.2, 0.25) is 0 Å². The van der Waals surface area contributed by atoms with Crippen molar-refractivity contribution in [1.82, 2.24) is 24.2 Å². The predicted octanol–water partition coefficient (Wildman–Crippen LogP) is 5.50. The highest BCUT2D eigenvalue weighted by molar-refractivity contribution is 7.90. The molecule has 0 unspecified atom stereocenters. The minimum atomic E-state index is -3.88. The van der Waals surface area contributed by atoms with Gasteiger partial charge < -0.3 is 10.1 Å². The van der Waals surface area contributed by atoms with Crippen LogP contribution in [0.1, 0.15) is 24.0 Å². The molecule has 216 valence electrons. The van der Waals surface area contributed by atoms with Gasteiger partial charge in [0, 0.05) is 59.3 Å². The van der Waals surface area contributed by atoms with E-state index < -0.39 is 10.0 Å². The van der Waals surface area contributed by atoms with Crippen molar-refractivity contribution in [2.24, 2.45) is 0 Å². The van der Waals surface area contributed by atoms with Gasteiger partial charge in [0.15, 0.2) is 5.65 Å². The fourth-order valence-corrected chi connectivity index (χ4v) is 6.90. The molecule has 1 aliphatic rings. The normalized spacial score (nSPS) is 14.8. The number of fused-ring (bicyclic) bond motifs is 1. The lowest BCUT2D eigenvalue weighted by molar-refractivity contribution is 0.194. The van der Waals surface area contributed by atoms with Gasteiger partial charge >= 0.3 is 0 Å². The molecule has 2 aromatic carbocycles. The molecule has 1 fully saturated rings. The topological polar surface area (TPSA) is 89.3 Å². The number of aromatic nitrogens is 3. The average molecular weight is 582 g/mol. The number of piperidine rings is 1. The van der Waals surface area contributed by atoms with Gasteiger partial charge in [0.2, 0.25) is 5.88 Å². The maximum atomic E-state index is 13.8. The highest BCUT2D eigenvalue weighted by atomic mass is 32.2. The lowest BCUT2D eigenvalue weighted by Gasteiger charge is -2.31. The monoisotopic (exact) mass is 581 g/mol. The van der Waals surface area contributed by atoms with E-state index in [0.29, 0.717) is 17.6 Å². The lowest BCUT2D eigenvalue weighted by Crippen LogP contribution is -2.40. The molecule has 1 aliphatic heterocycles. The van der Waals surface area contributed by atoms with Crippen molar-refractivity contribution >= 4 is 21.1 Å². The molecule has 0 atom stereocenters. The van der Waals surface area contributed by atoms with Crippen LogP contribution in [-0.2, 0) is 16.6 Å². The summed E-state index contributed by atoms with van der Waals surface area (Å²) in [5.41, 5.74) is 6.07. The van der Waals surface area contributed by atoms with E-state index in [0.717, 1.165) is 52.8 Å². The molecule has 0 spiro atoms. The Labute approximate surface area is 247 Å². The van der Waals surface area contributed by atoms with Crippen LogP contribution in [0, 0.1) is 6.92 Å². The van der Waals surface area contributed by atoms with E-state index in [-0.39, 0.29) is 4.90 Å². The number of likely N-dealkylation sites (tertiary alicyclic amines) is 1. The molecule has 4 heterocycles. The van der Waals surface area contributed by atoms with Crippen molar-refractivity contribution in [2.75, 3.05) is 27.2 Å². The third-order valence-electron chi connectivity index (χ3n) is 8.14. The number of hydrogen-bond donors (Lipinski definition) is 1. The third kappa shape index (κ3) is 5.55. The van der Waals surface area contributed by atoms with Crippen molar-refractivity contribution < 1.29 is 13.2 Å². The molecule has 0 saturated carbocycles. The van der Waals surface area contributed by atoms with Gasteiger partial charge in [-0.2, -0.15) is 0 Å². The summed E-state index contributed by atoms with van der Waals surface area (Å²) in [6, 6.07) is 21.7. The van der Waals surface area contributed by atoms with E-state index in [4.69, 9.17) is 9.72 Å². The van der Waals surface area contributed by atoms with Gasteiger partial charge in [-0.05, 0) is 75.3 Å². The van der Waals surface area contributed by atoms with Crippen molar-refractivity contribution in [3.63, 3.8) is 0 Å². The number of aryl methyl sites for hydroxylation is 1. The van der Waals surface area contributed by atoms with Crippen LogP contribution in [0.5, 0.6) is 5.88 Å². The van der Waals surface area contributed by atoms with Gasteiger partial charge in [-0.15, -0.1) is 0 Å². The number of benzene rings is 2. The van der Waals surface area contributed by atoms with Crippen LogP contribution in [0.25, 0.3) is 33.3 Å². The number of pyridine rings is 2. The van der Waals surface area contributed by atoms with Gasteiger partial charge in [0.25, 0.3) is 10.0 Å². The molecular weight excluding hydrogens is 546 g/mol. The maximum absolute atomic E-state index is 13.8. The Kier molecular flexibility index (Phi) is 7.81. The van der Waals surface area contributed by atoms with Gasteiger partial charge in [-0.3, -0.25) is 4.90 Å². The number of nitrogens with zero attached hydrogens (tertiary/aromatic N) is 4. The Balaban J connectivity index is 1.37. The number of hydrogen-bond acceptors (Lipinski definition) is 7. The smallest absolute Gasteiger partial charge is 0.269 e. The van der Waals surface area contributed by atoms with E-state index in [9.17, 15) is 8.42 Å². The standard InChI is InChI=1S/C33H35N5O3S/c1-23-4-11-29(12-5-23)42(39,40)38-22-31(26-10-13-32(41-3)35-19-26)30-18-27(20-36-33(30)38)25-8-6-24(7-9-25)21-37-16-14-28(34-2)15-17-37/h4-13,18-20,22,28,34H,14-17,21H2,1-3H3. The lowest BCUT2D eigenvalue weighted by atomic mass is 10.0. The largest absolute Gasteiger partial charge is 0.481 e. The highest BCUT2D eigenvalue weighted by Gasteiger charge is 2.24. The van der Waals surface area contributed by atoms with Crippen LogP contribution in [-0.4, -0.2) is 60.5 Å². The zero-order valence-electron chi connectivity index (χ0n) is 24.1. The molecule has 9 heteroatoms. The summed E-state index contributed by atoms with van der Waals surface area (Å²) in [6.45, 7) is 5.06. The number of ether oxygens (including phenoxy) is 1. The molecule has 0 amide bonds. The highest BCUT2D eigenvalue weighted by Crippen LogP contribution is 2.35. The van der Waals surface area contributed by atoms with Gasteiger partial charge in [0.05, 0.1) is 12.0 Å². The molecule has 0 aliphatic carbocycles. The summed E-state index contributed by atoms with van der Waals surface area (Å²) in [7, 11) is -0.278. The van der Waals surface area contributed by atoms with Crippen molar-refractivity contribution in [2.45, 2.75) is 37.2 Å². The molecule has 6 rings (SSSR count). The van der Waals surface area contributed by atoms with Crippen LogP contribution < -0.4 is 10.1 Å². The number of rotatable bonds is 8. The fourth-order valence-electron chi connectivity index (χ4n) is 5.58. The van der Waals surface area contributed by atoms with Crippen molar-refractivity contribution in [1.29, 1.82) is 0 Å². The summed E-state index contributed by atoms with van der Waals surface area (Å²) in [5.74, 6) is 0.486. The summed E-state index contributed by atoms with van der Waals surface area (Å²) in [6.07, 6.45) is 7.42. The van der Waals surface area contributed by atoms with E-state index in [1.165, 1.54) is 22.4 Å². The number of methoxy groups -OCH3 is 1. The zero-order chi connectivity index (χ0) is 29.3. The first kappa shape index (κ1) is 28.1. The molecule has 5 aromatic rings. The Morgan fingerprint density at radius 1 is 0.905 bits per heavy atom. The van der Waals surface area contributed by atoms with Crippen LogP contribution in [0.3, 0.4) is 0 Å². The molecular formula is C33H35N5O3S. The second kappa shape index (κ2) is 11.7. The summed E-state index contributed by atoms with van der Waals surface area (Å²) in [5, 5.41) is 4.12. The van der Waals surface area contributed by atoms with Crippen LogP contribution in [0.4, 0.5) is 0 Å². The molecule has 1 N–H and O–H groups in total. The van der Waals surface area contributed by atoms with E-state index in [1.54, 1.807) is 56.0 Å². The first-order valence-corrected chi connectivity index (χ1v) is 15.6. The second-order valence-corrected chi connectivity index (χ2v) is 12.7. The summed E-state index contributed by atoms with van der Waals surface area (Å²) in [4.78, 5) is 11.8. The van der Waals surface area contributed by atoms with Crippen molar-refractivity contribution in [3.8, 4) is 28.1 Å². The molecule has 42 heavy (non-hydrogen) atoms. The minimum absolute atomic E-state index is 0.209. The Bertz CT molecular complexity index is 1790. The summed E-state index contributed by atoms with van der Waals surface area (Å²) < 4.78 is 34.1. The molecule has 0 bridgehead atoms. The van der Waals surface area contributed by atoms with E-state index in [2.05, 4.69) is 39.5 Å². The van der Waals surface area contributed by atoms with Crippen LogP contribution in [0.15, 0.2) is 90.2 Å². The predicted molar refractivity (Wildman–Crippen MR) is 166 cm³/mol. The zero-order valence-corrected chi connectivity index (χ0v) is 24.9. The van der Waals surface area contributed by atoms with Gasteiger partial charge in [-0.25, -0.2) is 22.4 Å².